The molecule has 5 nitrogen and oxygen atoms in total. The summed E-state index contributed by atoms with van der Waals surface area (Å²) in [6.45, 7) is 0.271. The Bertz CT molecular complexity index is 558. The van der Waals surface area contributed by atoms with Crippen molar-refractivity contribution in [1.29, 1.82) is 0 Å². The van der Waals surface area contributed by atoms with Gasteiger partial charge < -0.3 is 13.9 Å². The molecule has 0 spiro atoms. The third kappa shape index (κ3) is 0.971. The van der Waals surface area contributed by atoms with Gasteiger partial charge in [0, 0.05) is 5.56 Å². The van der Waals surface area contributed by atoms with E-state index in [1.54, 1.807) is 13.2 Å². The molecule has 1 aromatic carbocycles. The normalized spacial score (nSPS) is 14.1. The Morgan fingerprint density at radius 3 is 3.20 bits per heavy atom. The molecule has 3 rings (SSSR count). The second kappa shape index (κ2) is 2.73. The molecule has 0 amide bonds. The number of carbonyl (C=O) groups is 1. The van der Waals surface area contributed by atoms with Crippen LogP contribution in [0.3, 0.4) is 0 Å². The molecule has 0 radical (unpaired) electrons. The predicted molar refractivity (Wildman–Crippen MR) is 49.7 cm³/mol. The zero-order chi connectivity index (χ0) is 10.4. The lowest BCUT2D eigenvalue weighted by Crippen LogP contribution is -1.96. The molecule has 0 unspecified atom stereocenters. The lowest BCUT2D eigenvalue weighted by atomic mass is 10.1. The van der Waals surface area contributed by atoms with Crippen LogP contribution in [0.5, 0.6) is 5.75 Å². The van der Waals surface area contributed by atoms with Gasteiger partial charge in [0.05, 0.1) is 12.7 Å². The number of benzene rings is 1. The highest BCUT2D eigenvalue weighted by molar-refractivity contribution is 6.05. The standard InChI is InChI=1S/C10H7NO4/c1-13-6-2-5-3-14-10(12)7(5)8-9(6)15-4-11-8/h2,4H,3H2,1H3. The number of hydrogen-bond acceptors (Lipinski definition) is 5. The summed E-state index contributed by atoms with van der Waals surface area (Å²) in [4.78, 5) is 15.4. The molecule has 1 aliphatic heterocycles. The number of carbonyl (C=O) groups excluding carboxylic acids is 1. The van der Waals surface area contributed by atoms with Gasteiger partial charge in [-0.25, -0.2) is 9.78 Å². The topological polar surface area (TPSA) is 61.6 Å². The second-order valence-electron chi connectivity index (χ2n) is 3.22. The number of ether oxygens (including phenoxy) is 2. The molecule has 0 bridgehead atoms. The van der Waals surface area contributed by atoms with Crippen LogP contribution in [0.15, 0.2) is 16.9 Å². The monoisotopic (exact) mass is 205 g/mol. The molecule has 0 atom stereocenters. The SMILES string of the molecule is COc1cc2c(c3ncoc13)C(=O)OC2. The van der Waals surface area contributed by atoms with Crippen molar-refractivity contribution in [3.8, 4) is 5.75 Å². The van der Waals surface area contributed by atoms with Crippen LogP contribution in [0, 0.1) is 0 Å². The highest BCUT2D eigenvalue weighted by Gasteiger charge is 2.28. The zero-order valence-electron chi connectivity index (χ0n) is 7.94. The fraction of sp³-hybridized carbons (Fsp3) is 0.200. The third-order valence-corrected chi connectivity index (χ3v) is 2.44. The number of fused-ring (bicyclic) bond motifs is 3. The molecule has 0 fully saturated rings. The molecule has 0 saturated heterocycles. The van der Waals surface area contributed by atoms with Crippen LogP contribution in [0.2, 0.25) is 0 Å². The van der Waals surface area contributed by atoms with E-state index in [0.29, 0.717) is 22.4 Å². The molecule has 2 aromatic rings. The highest BCUT2D eigenvalue weighted by Crippen LogP contribution is 2.34. The van der Waals surface area contributed by atoms with Gasteiger partial charge in [0.15, 0.2) is 17.7 Å². The van der Waals surface area contributed by atoms with Gasteiger partial charge in [0.2, 0.25) is 0 Å². The quantitative estimate of drug-likeness (QED) is 0.660. The van der Waals surface area contributed by atoms with Crippen molar-refractivity contribution < 1.29 is 18.7 Å². The molecule has 2 heterocycles. The molecule has 5 heteroatoms. The number of aromatic nitrogens is 1. The first-order valence-electron chi connectivity index (χ1n) is 4.41. The van der Waals surface area contributed by atoms with Crippen LogP contribution < -0.4 is 4.74 Å². The van der Waals surface area contributed by atoms with Crippen LogP contribution in [0.25, 0.3) is 11.1 Å². The van der Waals surface area contributed by atoms with E-state index in [2.05, 4.69) is 4.98 Å². The van der Waals surface area contributed by atoms with Gasteiger partial charge in [-0.2, -0.15) is 0 Å². The average molecular weight is 205 g/mol. The van der Waals surface area contributed by atoms with Crippen LogP contribution in [-0.2, 0) is 11.3 Å². The van der Waals surface area contributed by atoms with E-state index in [0.717, 1.165) is 5.56 Å². The van der Waals surface area contributed by atoms with Gasteiger partial charge in [-0.05, 0) is 6.07 Å². The van der Waals surface area contributed by atoms with Crippen molar-refractivity contribution in [3.05, 3.63) is 23.6 Å². The largest absolute Gasteiger partial charge is 0.493 e. The second-order valence-corrected chi connectivity index (χ2v) is 3.22. The number of oxazole rings is 1. The van der Waals surface area contributed by atoms with Gasteiger partial charge >= 0.3 is 5.97 Å². The molecule has 0 saturated carbocycles. The van der Waals surface area contributed by atoms with Gasteiger partial charge in [-0.3, -0.25) is 0 Å². The fourth-order valence-corrected chi connectivity index (χ4v) is 1.76. The summed E-state index contributed by atoms with van der Waals surface area (Å²) in [7, 11) is 1.54. The van der Waals surface area contributed by atoms with E-state index in [4.69, 9.17) is 13.9 Å². The first-order chi connectivity index (χ1) is 7.31. The maximum atomic E-state index is 11.4. The maximum absolute atomic E-state index is 11.4. The Kier molecular flexibility index (Phi) is 1.50. The van der Waals surface area contributed by atoms with Crippen molar-refractivity contribution in [3.63, 3.8) is 0 Å². The van der Waals surface area contributed by atoms with Crippen molar-refractivity contribution in [2.45, 2.75) is 6.61 Å². The van der Waals surface area contributed by atoms with E-state index in [1.807, 2.05) is 0 Å². The van der Waals surface area contributed by atoms with Gasteiger partial charge in [0.1, 0.15) is 12.1 Å². The zero-order valence-corrected chi connectivity index (χ0v) is 7.94. The van der Waals surface area contributed by atoms with E-state index >= 15 is 0 Å². The summed E-state index contributed by atoms with van der Waals surface area (Å²) in [5.41, 5.74) is 2.26. The summed E-state index contributed by atoms with van der Waals surface area (Å²) in [6.07, 6.45) is 1.29. The summed E-state index contributed by atoms with van der Waals surface area (Å²) in [5.74, 6) is 0.214. The number of nitrogens with zero attached hydrogens (tertiary/aromatic N) is 1. The molecular formula is C10H7NO4. The minimum Gasteiger partial charge on any atom is -0.493 e. The molecule has 0 aliphatic carbocycles. The van der Waals surface area contributed by atoms with E-state index in [1.165, 1.54) is 6.39 Å². The summed E-state index contributed by atoms with van der Waals surface area (Å²) in [6, 6.07) is 1.74. The lowest BCUT2D eigenvalue weighted by Gasteiger charge is -2.01. The van der Waals surface area contributed by atoms with Crippen molar-refractivity contribution in [2.75, 3.05) is 7.11 Å². The Labute approximate surface area is 84.6 Å². The fourth-order valence-electron chi connectivity index (χ4n) is 1.76. The van der Waals surface area contributed by atoms with Crippen LogP contribution in [0.1, 0.15) is 15.9 Å². The van der Waals surface area contributed by atoms with Crippen LogP contribution >= 0.6 is 0 Å². The van der Waals surface area contributed by atoms with Crippen molar-refractivity contribution in [1.82, 2.24) is 4.98 Å². The number of esters is 1. The van der Waals surface area contributed by atoms with E-state index in [9.17, 15) is 4.79 Å². The Morgan fingerprint density at radius 1 is 1.53 bits per heavy atom. The molecular weight excluding hydrogens is 198 g/mol. The highest BCUT2D eigenvalue weighted by atomic mass is 16.5. The first kappa shape index (κ1) is 8.28. The molecule has 76 valence electrons. The lowest BCUT2D eigenvalue weighted by molar-refractivity contribution is 0.0536. The number of methoxy groups -OCH3 is 1. The first-order valence-corrected chi connectivity index (χ1v) is 4.41. The van der Waals surface area contributed by atoms with Gasteiger partial charge in [-0.15, -0.1) is 0 Å². The summed E-state index contributed by atoms with van der Waals surface area (Å²) in [5, 5.41) is 0. The van der Waals surface area contributed by atoms with E-state index < -0.39 is 0 Å². The van der Waals surface area contributed by atoms with Crippen LogP contribution in [0.4, 0.5) is 0 Å². The Hall–Kier alpha value is -2.04. The number of cyclic esters (lactones) is 1. The minimum atomic E-state index is -0.355. The number of rotatable bonds is 1. The van der Waals surface area contributed by atoms with Crippen LogP contribution in [-0.4, -0.2) is 18.1 Å². The molecule has 15 heavy (non-hydrogen) atoms. The summed E-state index contributed by atoms with van der Waals surface area (Å²) < 4.78 is 15.2. The average Bonchev–Trinajstić information content (AvgIpc) is 2.83. The van der Waals surface area contributed by atoms with Gasteiger partial charge in [0.25, 0.3) is 0 Å². The Balaban J connectivity index is 2.44. The molecule has 0 N–H and O–H groups in total. The minimum absolute atomic E-state index is 0.271. The summed E-state index contributed by atoms with van der Waals surface area (Å²) >= 11 is 0. The number of hydrogen-bond donors (Lipinski definition) is 0. The smallest absolute Gasteiger partial charge is 0.341 e. The molecule has 1 aromatic heterocycles. The van der Waals surface area contributed by atoms with Crippen molar-refractivity contribution >= 4 is 17.1 Å². The maximum Gasteiger partial charge on any atom is 0.341 e. The van der Waals surface area contributed by atoms with Crippen molar-refractivity contribution in [2.24, 2.45) is 0 Å². The Morgan fingerprint density at radius 2 is 2.40 bits per heavy atom. The molecule has 1 aliphatic rings. The predicted octanol–water partition coefficient (Wildman–Crippen LogP) is 1.51. The third-order valence-electron chi connectivity index (χ3n) is 2.44. The van der Waals surface area contributed by atoms with Gasteiger partial charge in [-0.1, -0.05) is 0 Å². The van der Waals surface area contributed by atoms with E-state index in [-0.39, 0.29) is 12.6 Å².